The van der Waals surface area contributed by atoms with Crippen molar-refractivity contribution in [2.24, 2.45) is 5.10 Å². The number of carbonyl (C=O) groups is 2. The molecule has 112 valence electrons. The Hall–Kier alpha value is -3.15. The Kier molecular flexibility index (Phi) is 5.25. The van der Waals surface area contributed by atoms with Crippen molar-refractivity contribution < 1.29 is 14.3 Å². The first-order valence-corrected chi connectivity index (χ1v) is 6.53. The molecular weight excluding hydrogens is 282 g/mol. The first-order chi connectivity index (χ1) is 10.7. The van der Waals surface area contributed by atoms with E-state index in [2.05, 4.69) is 15.8 Å². The highest BCUT2D eigenvalue weighted by Crippen LogP contribution is 2.14. The maximum Gasteiger partial charge on any atom is 0.329 e. The number of hydrogen-bond donors (Lipinski definition) is 2. The van der Waals surface area contributed by atoms with Crippen LogP contribution >= 0.6 is 0 Å². The molecule has 0 spiro atoms. The molecule has 0 atom stereocenters. The Labute approximate surface area is 127 Å². The molecule has 2 aromatic rings. The van der Waals surface area contributed by atoms with Crippen molar-refractivity contribution in [1.29, 1.82) is 0 Å². The van der Waals surface area contributed by atoms with Crippen molar-refractivity contribution in [3.8, 4) is 5.75 Å². The van der Waals surface area contributed by atoms with Crippen LogP contribution in [0.3, 0.4) is 0 Å². The van der Waals surface area contributed by atoms with Crippen molar-refractivity contribution >= 4 is 23.7 Å². The normalized spacial score (nSPS) is 10.2. The van der Waals surface area contributed by atoms with Gasteiger partial charge in [-0.1, -0.05) is 30.3 Å². The van der Waals surface area contributed by atoms with E-state index in [1.165, 1.54) is 6.21 Å². The molecule has 2 aromatic carbocycles. The van der Waals surface area contributed by atoms with Gasteiger partial charge in [-0.05, 0) is 24.3 Å². The molecule has 2 amide bonds. The molecule has 2 rings (SSSR count). The standard InChI is InChI=1S/C16H15N3O3/c1-22-14-10-6-5-7-12(14)11-17-19-16(21)15(20)18-13-8-3-2-4-9-13/h2-11H,1H3,(H,18,20)(H,19,21). The molecule has 6 nitrogen and oxygen atoms in total. The van der Waals surface area contributed by atoms with E-state index in [1.54, 1.807) is 43.5 Å². The van der Waals surface area contributed by atoms with Gasteiger partial charge in [-0.3, -0.25) is 9.59 Å². The van der Waals surface area contributed by atoms with Crippen LogP contribution in [-0.2, 0) is 9.59 Å². The largest absolute Gasteiger partial charge is 0.496 e. The fourth-order valence-electron chi connectivity index (χ4n) is 1.69. The lowest BCUT2D eigenvalue weighted by molar-refractivity contribution is -0.136. The molecule has 22 heavy (non-hydrogen) atoms. The van der Waals surface area contributed by atoms with Crippen LogP contribution in [0.15, 0.2) is 59.7 Å². The quantitative estimate of drug-likeness (QED) is 0.513. The second-order valence-electron chi connectivity index (χ2n) is 4.26. The monoisotopic (exact) mass is 297 g/mol. The Bertz CT molecular complexity index is 684. The van der Waals surface area contributed by atoms with Crippen molar-refractivity contribution in [3.05, 3.63) is 60.2 Å². The van der Waals surface area contributed by atoms with Gasteiger partial charge < -0.3 is 10.1 Å². The number of anilines is 1. The topological polar surface area (TPSA) is 79.8 Å². The highest BCUT2D eigenvalue weighted by atomic mass is 16.5. The van der Waals surface area contributed by atoms with Crippen LogP contribution in [0.5, 0.6) is 5.75 Å². The minimum atomic E-state index is -0.852. The van der Waals surface area contributed by atoms with Gasteiger partial charge in [-0.2, -0.15) is 5.10 Å². The summed E-state index contributed by atoms with van der Waals surface area (Å²) in [6, 6.07) is 15.9. The summed E-state index contributed by atoms with van der Waals surface area (Å²) in [6.45, 7) is 0. The molecule has 0 fully saturated rings. The van der Waals surface area contributed by atoms with Crippen LogP contribution in [0.25, 0.3) is 0 Å². The molecule has 2 N–H and O–H groups in total. The zero-order chi connectivity index (χ0) is 15.8. The molecule has 0 aliphatic heterocycles. The second kappa shape index (κ2) is 7.58. The first kappa shape index (κ1) is 15.2. The summed E-state index contributed by atoms with van der Waals surface area (Å²) in [5.74, 6) is -1.02. The molecule has 0 bridgehead atoms. The minimum absolute atomic E-state index is 0.538. The van der Waals surface area contributed by atoms with Crippen LogP contribution in [0.4, 0.5) is 5.69 Å². The first-order valence-electron chi connectivity index (χ1n) is 6.53. The summed E-state index contributed by atoms with van der Waals surface area (Å²) >= 11 is 0. The van der Waals surface area contributed by atoms with E-state index < -0.39 is 11.8 Å². The molecule has 0 aliphatic rings. The predicted octanol–water partition coefficient (Wildman–Crippen LogP) is 1.78. The van der Waals surface area contributed by atoms with Gasteiger partial charge in [0.2, 0.25) is 0 Å². The van der Waals surface area contributed by atoms with E-state index in [0.717, 1.165) is 0 Å². The van der Waals surface area contributed by atoms with Gasteiger partial charge in [0, 0.05) is 11.3 Å². The second-order valence-corrected chi connectivity index (χ2v) is 4.26. The van der Waals surface area contributed by atoms with E-state index >= 15 is 0 Å². The Morgan fingerprint density at radius 2 is 1.68 bits per heavy atom. The summed E-state index contributed by atoms with van der Waals surface area (Å²) in [6.07, 6.45) is 1.41. The number of benzene rings is 2. The van der Waals surface area contributed by atoms with E-state index in [1.807, 2.05) is 18.2 Å². The van der Waals surface area contributed by atoms with Crippen LogP contribution < -0.4 is 15.5 Å². The minimum Gasteiger partial charge on any atom is -0.496 e. The average molecular weight is 297 g/mol. The average Bonchev–Trinajstić information content (AvgIpc) is 2.56. The predicted molar refractivity (Wildman–Crippen MR) is 83.8 cm³/mol. The smallest absolute Gasteiger partial charge is 0.329 e. The maximum absolute atomic E-state index is 11.7. The van der Waals surface area contributed by atoms with Crippen molar-refractivity contribution in [3.63, 3.8) is 0 Å². The highest BCUT2D eigenvalue weighted by Gasteiger charge is 2.12. The number of nitrogens with zero attached hydrogens (tertiary/aromatic N) is 1. The van der Waals surface area contributed by atoms with E-state index in [-0.39, 0.29) is 0 Å². The number of hydrogen-bond acceptors (Lipinski definition) is 4. The van der Waals surface area contributed by atoms with Crippen molar-refractivity contribution in [2.75, 3.05) is 12.4 Å². The molecule has 0 heterocycles. The van der Waals surface area contributed by atoms with Crippen molar-refractivity contribution in [1.82, 2.24) is 5.43 Å². The Balaban J connectivity index is 1.92. The Morgan fingerprint density at radius 1 is 1.00 bits per heavy atom. The third kappa shape index (κ3) is 4.17. The molecule has 6 heteroatoms. The van der Waals surface area contributed by atoms with Gasteiger partial charge in [-0.25, -0.2) is 5.43 Å². The van der Waals surface area contributed by atoms with E-state index in [9.17, 15) is 9.59 Å². The lowest BCUT2D eigenvalue weighted by atomic mass is 10.2. The van der Waals surface area contributed by atoms with Crippen LogP contribution in [0.2, 0.25) is 0 Å². The lowest BCUT2D eigenvalue weighted by Crippen LogP contribution is -2.32. The number of amides is 2. The lowest BCUT2D eigenvalue weighted by Gasteiger charge is -2.04. The number of hydrazone groups is 1. The fraction of sp³-hybridized carbons (Fsp3) is 0.0625. The molecule has 0 aromatic heterocycles. The van der Waals surface area contributed by atoms with E-state index in [0.29, 0.717) is 17.0 Å². The summed E-state index contributed by atoms with van der Waals surface area (Å²) in [5.41, 5.74) is 3.39. The maximum atomic E-state index is 11.7. The third-order valence-electron chi connectivity index (χ3n) is 2.75. The van der Waals surface area contributed by atoms with Gasteiger partial charge in [0.1, 0.15) is 5.75 Å². The molecule has 0 unspecified atom stereocenters. The van der Waals surface area contributed by atoms with Crippen molar-refractivity contribution in [2.45, 2.75) is 0 Å². The zero-order valence-electron chi connectivity index (χ0n) is 11.9. The number of nitrogens with one attached hydrogen (secondary N) is 2. The van der Waals surface area contributed by atoms with Gasteiger partial charge in [0.15, 0.2) is 0 Å². The molecule has 0 aliphatic carbocycles. The van der Waals surface area contributed by atoms with E-state index in [4.69, 9.17) is 4.74 Å². The van der Waals surface area contributed by atoms with Crippen LogP contribution in [0.1, 0.15) is 5.56 Å². The van der Waals surface area contributed by atoms with Crippen LogP contribution in [0, 0.1) is 0 Å². The summed E-state index contributed by atoms with van der Waals surface area (Å²) < 4.78 is 5.15. The van der Waals surface area contributed by atoms with Gasteiger partial charge in [0.25, 0.3) is 0 Å². The fourth-order valence-corrected chi connectivity index (χ4v) is 1.69. The van der Waals surface area contributed by atoms with Crippen LogP contribution in [-0.4, -0.2) is 25.1 Å². The molecular formula is C16H15N3O3. The summed E-state index contributed by atoms with van der Waals surface area (Å²) in [5, 5.41) is 6.21. The van der Waals surface area contributed by atoms with Gasteiger partial charge in [-0.15, -0.1) is 0 Å². The SMILES string of the molecule is COc1ccccc1C=NNC(=O)C(=O)Nc1ccccc1. The highest BCUT2D eigenvalue weighted by molar-refractivity contribution is 6.39. The van der Waals surface area contributed by atoms with Gasteiger partial charge in [0.05, 0.1) is 13.3 Å². The summed E-state index contributed by atoms with van der Waals surface area (Å²) in [7, 11) is 1.54. The number of ether oxygens (including phenoxy) is 1. The number of carbonyl (C=O) groups excluding carboxylic acids is 2. The molecule has 0 saturated heterocycles. The number of para-hydroxylation sites is 2. The van der Waals surface area contributed by atoms with Gasteiger partial charge >= 0.3 is 11.8 Å². The Morgan fingerprint density at radius 3 is 2.41 bits per heavy atom. The third-order valence-corrected chi connectivity index (χ3v) is 2.75. The number of rotatable bonds is 4. The molecule has 0 saturated carbocycles. The molecule has 0 radical (unpaired) electrons. The zero-order valence-corrected chi connectivity index (χ0v) is 11.9. The summed E-state index contributed by atoms with van der Waals surface area (Å²) in [4.78, 5) is 23.3. The number of methoxy groups -OCH3 is 1.